The summed E-state index contributed by atoms with van der Waals surface area (Å²) in [5.74, 6) is -5.04. The van der Waals surface area contributed by atoms with Gasteiger partial charge in [-0.3, -0.25) is 19.2 Å². The molecule has 1 aromatic heterocycles. The number of hydrogen-bond acceptors (Lipinski definition) is 11. The summed E-state index contributed by atoms with van der Waals surface area (Å²) in [6.45, 7) is 5.77. The van der Waals surface area contributed by atoms with Gasteiger partial charge in [0.15, 0.2) is 23.6 Å². The maximum Gasteiger partial charge on any atom is 0.332 e. The molecular formula is C29H34N2O10. The van der Waals surface area contributed by atoms with Crippen LogP contribution >= 0.6 is 0 Å². The fraction of sp³-hybridized carbons (Fsp3) is 0.448. The molecule has 2 aromatic rings. The quantitative estimate of drug-likeness (QED) is 0.349. The van der Waals surface area contributed by atoms with Crippen LogP contribution in [0.2, 0.25) is 0 Å². The lowest BCUT2D eigenvalue weighted by atomic mass is 9.91. The second kappa shape index (κ2) is 14.2. The second-order valence-corrected chi connectivity index (χ2v) is 9.93. The van der Waals surface area contributed by atoms with E-state index in [-0.39, 0.29) is 36.0 Å². The molecule has 1 aliphatic heterocycles. The molecule has 0 saturated carbocycles. The zero-order valence-electron chi connectivity index (χ0n) is 23.6. The first-order valence-corrected chi connectivity index (χ1v) is 13.1. The second-order valence-electron chi connectivity index (χ2n) is 9.93. The molecule has 220 valence electrons. The average molecular weight is 571 g/mol. The lowest BCUT2D eigenvalue weighted by molar-refractivity contribution is -0.174. The molecule has 0 spiro atoms. The van der Waals surface area contributed by atoms with Crippen LogP contribution in [0.1, 0.15) is 50.2 Å². The zero-order valence-corrected chi connectivity index (χ0v) is 23.6. The number of aromatic nitrogens is 1. The Hall–Kier alpha value is -4.48. The van der Waals surface area contributed by atoms with Crippen molar-refractivity contribution >= 4 is 29.8 Å². The molecule has 1 N–H and O–H groups in total. The summed E-state index contributed by atoms with van der Waals surface area (Å²) in [5, 5.41) is 2.42. The van der Waals surface area contributed by atoms with Gasteiger partial charge in [-0.1, -0.05) is 44.2 Å². The maximum absolute atomic E-state index is 13.4. The normalized spacial score (nSPS) is 20.9. The Balaban J connectivity index is 1.89. The van der Waals surface area contributed by atoms with Crippen LogP contribution in [0, 0.1) is 11.8 Å². The average Bonchev–Trinajstić information content (AvgIpc) is 2.95. The van der Waals surface area contributed by atoms with Gasteiger partial charge in [0.05, 0.1) is 7.11 Å². The van der Waals surface area contributed by atoms with Crippen LogP contribution < -0.4 is 14.8 Å². The molecule has 0 radical (unpaired) electrons. The first-order chi connectivity index (χ1) is 19.5. The summed E-state index contributed by atoms with van der Waals surface area (Å²) in [7, 11) is 1.32. The number of ether oxygens (including phenoxy) is 5. The fourth-order valence-corrected chi connectivity index (χ4v) is 4.24. The van der Waals surface area contributed by atoms with Crippen molar-refractivity contribution in [3.8, 4) is 11.5 Å². The number of nitrogens with zero attached hydrogens (tertiary/aromatic N) is 1. The smallest absolute Gasteiger partial charge is 0.332 e. The minimum atomic E-state index is -1.45. The topological polar surface area (TPSA) is 156 Å². The Labute approximate surface area is 237 Å². The summed E-state index contributed by atoms with van der Waals surface area (Å²) in [6.07, 6.45) is -0.708. The van der Waals surface area contributed by atoms with Crippen LogP contribution in [-0.2, 0) is 39.8 Å². The number of pyridine rings is 1. The molecule has 0 bridgehead atoms. The van der Waals surface area contributed by atoms with Crippen molar-refractivity contribution in [2.24, 2.45) is 11.8 Å². The molecule has 12 heteroatoms. The number of esters is 4. The molecule has 41 heavy (non-hydrogen) atoms. The van der Waals surface area contributed by atoms with Gasteiger partial charge in [0.1, 0.15) is 18.6 Å². The highest BCUT2D eigenvalue weighted by Gasteiger charge is 2.42. The predicted molar refractivity (Wildman–Crippen MR) is 143 cm³/mol. The Morgan fingerprint density at radius 3 is 2.44 bits per heavy atom. The number of cyclic esters (lactones) is 2. The Bertz CT molecular complexity index is 1260. The van der Waals surface area contributed by atoms with Crippen molar-refractivity contribution in [1.82, 2.24) is 10.3 Å². The van der Waals surface area contributed by atoms with E-state index >= 15 is 0 Å². The van der Waals surface area contributed by atoms with Crippen LogP contribution in [0.4, 0.5) is 0 Å². The van der Waals surface area contributed by atoms with Crippen molar-refractivity contribution < 1.29 is 47.7 Å². The van der Waals surface area contributed by atoms with Crippen molar-refractivity contribution in [1.29, 1.82) is 0 Å². The Morgan fingerprint density at radius 1 is 1.10 bits per heavy atom. The number of rotatable bonds is 9. The standard InChI is InChI=1S/C29H34N2O10/c1-16(2)13-23(33)41-25-17(3)39-29(36)21(15-38-28(35)20(25)14-19-9-7-6-8-10-19)31-27(34)24-26(40-18(4)32)22(37-5)11-12-30-24/h6-12,16-17,20-21,25H,13-15H2,1-5H3,(H,31,34)/t17-,20+,21-,25?/m0/s1. The number of benzene rings is 1. The van der Waals surface area contributed by atoms with Gasteiger partial charge >= 0.3 is 23.9 Å². The summed E-state index contributed by atoms with van der Waals surface area (Å²) in [4.78, 5) is 67.9. The largest absolute Gasteiger partial charge is 0.493 e. The highest BCUT2D eigenvalue weighted by molar-refractivity contribution is 5.98. The maximum atomic E-state index is 13.4. The molecule has 1 aromatic carbocycles. The van der Waals surface area contributed by atoms with E-state index in [0.717, 1.165) is 12.5 Å². The predicted octanol–water partition coefficient (Wildman–Crippen LogP) is 2.42. The van der Waals surface area contributed by atoms with E-state index in [9.17, 15) is 24.0 Å². The number of methoxy groups -OCH3 is 1. The zero-order chi connectivity index (χ0) is 30.1. The third-order valence-corrected chi connectivity index (χ3v) is 6.14. The molecule has 1 fully saturated rings. The van der Waals surface area contributed by atoms with Crippen LogP contribution in [0.15, 0.2) is 42.6 Å². The Morgan fingerprint density at radius 2 is 1.80 bits per heavy atom. The van der Waals surface area contributed by atoms with E-state index in [1.54, 1.807) is 12.1 Å². The molecule has 1 aliphatic rings. The number of carbonyl (C=O) groups excluding carboxylic acids is 5. The Kier molecular flexibility index (Phi) is 10.8. The van der Waals surface area contributed by atoms with E-state index in [1.807, 2.05) is 32.0 Å². The van der Waals surface area contributed by atoms with E-state index in [2.05, 4.69) is 10.3 Å². The van der Waals surface area contributed by atoms with Crippen LogP contribution in [-0.4, -0.2) is 66.7 Å². The van der Waals surface area contributed by atoms with Crippen molar-refractivity contribution in [3.05, 3.63) is 53.9 Å². The molecular weight excluding hydrogens is 536 g/mol. The van der Waals surface area contributed by atoms with Gasteiger partial charge in [0.25, 0.3) is 5.91 Å². The third-order valence-electron chi connectivity index (χ3n) is 6.14. The van der Waals surface area contributed by atoms with E-state index < -0.39 is 60.6 Å². The summed E-state index contributed by atoms with van der Waals surface area (Å²) in [6, 6.07) is 9.01. The fourth-order valence-electron chi connectivity index (χ4n) is 4.24. The molecule has 2 heterocycles. The minimum absolute atomic E-state index is 0.00194. The van der Waals surface area contributed by atoms with E-state index in [0.29, 0.717) is 0 Å². The van der Waals surface area contributed by atoms with Crippen LogP contribution in [0.25, 0.3) is 0 Å². The summed E-state index contributed by atoms with van der Waals surface area (Å²) >= 11 is 0. The van der Waals surface area contributed by atoms with Gasteiger partial charge in [-0.2, -0.15) is 0 Å². The monoisotopic (exact) mass is 570 g/mol. The first kappa shape index (κ1) is 31.1. The molecule has 1 unspecified atom stereocenters. The number of carbonyl (C=O) groups is 5. The molecule has 0 aliphatic carbocycles. The number of hydrogen-bond donors (Lipinski definition) is 1. The first-order valence-electron chi connectivity index (χ1n) is 13.1. The van der Waals surface area contributed by atoms with Gasteiger partial charge in [0, 0.05) is 25.6 Å². The highest BCUT2D eigenvalue weighted by Crippen LogP contribution is 2.30. The number of amides is 1. The van der Waals surface area contributed by atoms with Gasteiger partial charge < -0.3 is 29.0 Å². The lowest BCUT2D eigenvalue weighted by Gasteiger charge is -2.29. The SMILES string of the molecule is COc1ccnc(C(=O)N[C@H]2COC(=O)[C@H](Cc3ccccc3)C(OC(=O)CC(C)C)[C@H](C)OC2=O)c1OC(C)=O. The van der Waals surface area contributed by atoms with Crippen LogP contribution in [0.3, 0.4) is 0 Å². The molecule has 1 amide bonds. The lowest BCUT2D eigenvalue weighted by Crippen LogP contribution is -2.47. The van der Waals surface area contributed by atoms with Gasteiger partial charge in [-0.05, 0) is 24.8 Å². The van der Waals surface area contributed by atoms with Gasteiger partial charge in [-0.25, -0.2) is 9.78 Å². The molecule has 12 nitrogen and oxygen atoms in total. The van der Waals surface area contributed by atoms with Crippen molar-refractivity contribution in [3.63, 3.8) is 0 Å². The summed E-state index contributed by atoms with van der Waals surface area (Å²) < 4.78 is 27.0. The van der Waals surface area contributed by atoms with Crippen LogP contribution in [0.5, 0.6) is 11.5 Å². The van der Waals surface area contributed by atoms with Gasteiger partial charge in [-0.15, -0.1) is 0 Å². The number of nitrogens with one attached hydrogen (secondary N) is 1. The third kappa shape index (κ3) is 8.50. The highest BCUT2D eigenvalue weighted by atomic mass is 16.6. The molecule has 1 saturated heterocycles. The summed E-state index contributed by atoms with van der Waals surface area (Å²) in [5.41, 5.74) is 0.443. The van der Waals surface area contributed by atoms with E-state index in [1.165, 1.54) is 26.3 Å². The minimum Gasteiger partial charge on any atom is -0.493 e. The van der Waals surface area contributed by atoms with Crippen molar-refractivity contribution in [2.75, 3.05) is 13.7 Å². The molecule has 3 rings (SSSR count). The van der Waals surface area contributed by atoms with E-state index in [4.69, 9.17) is 23.7 Å². The van der Waals surface area contributed by atoms with Gasteiger partial charge in [0.2, 0.25) is 5.75 Å². The van der Waals surface area contributed by atoms with Crippen molar-refractivity contribution in [2.45, 2.75) is 58.8 Å². The molecule has 4 atom stereocenters.